The van der Waals surface area contributed by atoms with Gasteiger partial charge in [0.25, 0.3) is 5.91 Å². The summed E-state index contributed by atoms with van der Waals surface area (Å²) < 4.78 is 12.8. The van der Waals surface area contributed by atoms with E-state index in [0.29, 0.717) is 27.4 Å². The second kappa shape index (κ2) is 8.52. The van der Waals surface area contributed by atoms with Crippen LogP contribution in [-0.2, 0) is 4.79 Å². The van der Waals surface area contributed by atoms with Crippen molar-refractivity contribution in [3.63, 3.8) is 0 Å². The molecule has 33 heavy (non-hydrogen) atoms. The van der Waals surface area contributed by atoms with Crippen molar-refractivity contribution in [2.75, 3.05) is 11.9 Å². The van der Waals surface area contributed by atoms with Gasteiger partial charge in [-0.2, -0.15) is 0 Å². The Hall–Kier alpha value is -3.97. The number of carbonyl (C=O) groups is 1. The van der Waals surface area contributed by atoms with Gasteiger partial charge in [0.15, 0.2) is 17.5 Å². The number of thiazole rings is 1. The minimum atomic E-state index is -0.409. The smallest absolute Gasteiger partial charge is 0.264 e. The van der Waals surface area contributed by atoms with E-state index in [1.54, 1.807) is 24.3 Å². The summed E-state index contributed by atoms with van der Waals surface area (Å²) in [5.41, 5.74) is 3.85. The number of amides is 1. The maximum atomic E-state index is 13.2. The summed E-state index contributed by atoms with van der Waals surface area (Å²) in [5, 5.41) is 3.63. The molecule has 0 saturated carbocycles. The minimum Gasteiger partial charge on any atom is -0.476 e. The third-order valence-corrected chi connectivity index (χ3v) is 6.14. The van der Waals surface area contributed by atoms with Gasteiger partial charge in [-0.15, -0.1) is 0 Å². The fourth-order valence-electron chi connectivity index (χ4n) is 3.53. The van der Waals surface area contributed by atoms with Gasteiger partial charge in [0.05, 0.1) is 15.6 Å². The Morgan fingerprint density at radius 2 is 1.79 bits per heavy atom. The zero-order chi connectivity index (χ0) is 22.9. The van der Waals surface area contributed by atoms with Crippen LogP contribution in [0.3, 0.4) is 0 Å². The number of anilines is 1. The Labute approximate surface area is 193 Å². The lowest BCUT2D eigenvalue weighted by Crippen LogP contribution is -2.22. The predicted molar refractivity (Wildman–Crippen MR) is 131 cm³/mol. The molecule has 1 amide bonds. The Kier molecular flexibility index (Phi) is 5.40. The molecule has 6 nitrogen and oxygen atoms in total. The fraction of sp³-hybridized carbons (Fsp3) is 0.115. The highest BCUT2D eigenvalue weighted by molar-refractivity contribution is 7.22. The zero-order valence-corrected chi connectivity index (χ0v) is 18.9. The molecular formula is C26H20N2O4S. The van der Waals surface area contributed by atoms with Crippen LogP contribution in [0.25, 0.3) is 32.5 Å². The SMILES string of the molecule is Cc1ccc(-c2oc3ccccc3c(=O)c2OCC(=O)Nc2nc3ccc(C)cc3s2)cc1. The zero-order valence-electron chi connectivity index (χ0n) is 18.0. The number of carbonyl (C=O) groups excluding carboxylic acids is 1. The van der Waals surface area contributed by atoms with E-state index >= 15 is 0 Å². The lowest BCUT2D eigenvalue weighted by Gasteiger charge is -2.11. The van der Waals surface area contributed by atoms with Gasteiger partial charge in [0.2, 0.25) is 11.2 Å². The Bertz CT molecular complexity index is 1550. The van der Waals surface area contributed by atoms with Gasteiger partial charge in [0.1, 0.15) is 5.58 Å². The number of benzene rings is 3. The minimum absolute atomic E-state index is 0.00706. The van der Waals surface area contributed by atoms with Crippen LogP contribution in [0, 0.1) is 13.8 Å². The first kappa shape index (κ1) is 20.9. The van der Waals surface area contributed by atoms with Crippen molar-refractivity contribution in [3.05, 3.63) is 88.1 Å². The number of ether oxygens (including phenoxy) is 1. The standard InChI is InChI=1S/C26H20N2O4S/c1-15-7-10-17(11-8-15)24-25(23(30)18-5-3-4-6-20(18)32-24)31-14-22(29)28-26-27-19-12-9-16(2)13-21(19)33-26/h3-13H,14H2,1-2H3,(H,27,28,29). The van der Waals surface area contributed by atoms with E-state index in [9.17, 15) is 9.59 Å². The normalized spacial score (nSPS) is 11.1. The number of nitrogens with zero attached hydrogens (tertiary/aromatic N) is 1. The van der Waals surface area contributed by atoms with E-state index in [1.165, 1.54) is 11.3 Å². The van der Waals surface area contributed by atoms with Gasteiger partial charge in [-0.05, 0) is 43.7 Å². The molecule has 0 bridgehead atoms. The van der Waals surface area contributed by atoms with E-state index < -0.39 is 5.91 Å². The maximum Gasteiger partial charge on any atom is 0.264 e. The van der Waals surface area contributed by atoms with Gasteiger partial charge < -0.3 is 9.15 Å². The summed E-state index contributed by atoms with van der Waals surface area (Å²) in [5.74, 6) is -0.109. The summed E-state index contributed by atoms with van der Waals surface area (Å²) >= 11 is 1.39. The molecule has 164 valence electrons. The number of rotatable bonds is 5. The Morgan fingerprint density at radius 3 is 2.61 bits per heavy atom. The maximum absolute atomic E-state index is 13.2. The van der Waals surface area contributed by atoms with E-state index in [4.69, 9.17) is 9.15 Å². The highest BCUT2D eigenvalue weighted by atomic mass is 32.1. The van der Waals surface area contributed by atoms with Crippen molar-refractivity contribution in [1.82, 2.24) is 4.98 Å². The number of aromatic nitrogens is 1. The summed E-state index contributed by atoms with van der Waals surface area (Å²) in [7, 11) is 0. The van der Waals surface area contributed by atoms with E-state index in [0.717, 1.165) is 21.3 Å². The number of fused-ring (bicyclic) bond motifs is 2. The van der Waals surface area contributed by atoms with Crippen molar-refractivity contribution in [3.8, 4) is 17.1 Å². The lowest BCUT2D eigenvalue weighted by atomic mass is 10.1. The molecule has 0 spiro atoms. The van der Waals surface area contributed by atoms with Crippen LogP contribution in [0.4, 0.5) is 5.13 Å². The summed E-state index contributed by atoms with van der Waals surface area (Å²) in [4.78, 5) is 30.2. The number of hydrogen-bond donors (Lipinski definition) is 1. The first-order chi connectivity index (χ1) is 16.0. The van der Waals surface area contributed by atoms with Crippen LogP contribution in [0.5, 0.6) is 5.75 Å². The Balaban J connectivity index is 1.44. The molecule has 0 unspecified atom stereocenters. The fourth-order valence-corrected chi connectivity index (χ4v) is 4.51. The van der Waals surface area contributed by atoms with E-state index in [2.05, 4.69) is 10.3 Å². The molecule has 7 heteroatoms. The van der Waals surface area contributed by atoms with Crippen molar-refractivity contribution in [2.24, 2.45) is 0 Å². The van der Waals surface area contributed by atoms with Gasteiger partial charge in [0, 0.05) is 5.56 Å². The molecule has 0 saturated heterocycles. The number of para-hydroxylation sites is 1. The van der Waals surface area contributed by atoms with Crippen LogP contribution in [-0.4, -0.2) is 17.5 Å². The van der Waals surface area contributed by atoms with Crippen LogP contribution >= 0.6 is 11.3 Å². The average molecular weight is 457 g/mol. The monoisotopic (exact) mass is 456 g/mol. The second-order valence-corrected chi connectivity index (χ2v) is 8.81. The number of hydrogen-bond acceptors (Lipinski definition) is 6. The van der Waals surface area contributed by atoms with Crippen LogP contribution in [0.1, 0.15) is 11.1 Å². The summed E-state index contributed by atoms with van der Waals surface area (Å²) in [6.07, 6.45) is 0. The molecule has 2 aromatic heterocycles. The third kappa shape index (κ3) is 4.23. The van der Waals surface area contributed by atoms with Crippen molar-refractivity contribution >= 4 is 43.6 Å². The third-order valence-electron chi connectivity index (χ3n) is 5.21. The van der Waals surface area contributed by atoms with Crippen molar-refractivity contribution in [1.29, 1.82) is 0 Å². The van der Waals surface area contributed by atoms with E-state index in [-0.39, 0.29) is 17.8 Å². The molecule has 0 atom stereocenters. The lowest BCUT2D eigenvalue weighted by molar-refractivity contribution is -0.118. The first-order valence-electron chi connectivity index (χ1n) is 10.4. The van der Waals surface area contributed by atoms with Gasteiger partial charge in [-0.1, -0.05) is 59.4 Å². The molecule has 5 aromatic rings. The molecular weight excluding hydrogens is 436 g/mol. The molecule has 1 N–H and O–H groups in total. The molecule has 0 aliphatic rings. The molecule has 5 rings (SSSR count). The van der Waals surface area contributed by atoms with Crippen LogP contribution < -0.4 is 15.5 Å². The van der Waals surface area contributed by atoms with Crippen molar-refractivity contribution in [2.45, 2.75) is 13.8 Å². The van der Waals surface area contributed by atoms with Crippen LogP contribution in [0.15, 0.2) is 75.9 Å². The first-order valence-corrected chi connectivity index (χ1v) is 11.2. The topological polar surface area (TPSA) is 81.4 Å². The highest BCUT2D eigenvalue weighted by Crippen LogP contribution is 2.31. The molecule has 0 fully saturated rings. The number of nitrogens with one attached hydrogen (secondary N) is 1. The second-order valence-electron chi connectivity index (χ2n) is 7.78. The average Bonchev–Trinajstić information content (AvgIpc) is 3.20. The largest absolute Gasteiger partial charge is 0.476 e. The van der Waals surface area contributed by atoms with Crippen molar-refractivity contribution < 1.29 is 13.9 Å². The van der Waals surface area contributed by atoms with Crippen LogP contribution in [0.2, 0.25) is 0 Å². The molecule has 2 heterocycles. The number of aryl methyl sites for hydroxylation is 2. The van der Waals surface area contributed by atoms with Gasteiger partial charge in [-0.25, -0.2) is 4.98 Å². The summed E-state index contributed by atoms with van der Waals surface area (Å²) in [6.45, 7) is 3.63. The molecule has 0 aliphatic heterocycles. The highest BCUT2D eigenvalue weighted by Gasteiger charge is 2.19. The Morgan fingerprint density at radius 1 is 1.03 bits per heavy atom. The predicted octanol–water partition coefficient (Wildman–Crippen LogP) is 5.70. The molecule has 0 aliphatic carbocycles. The quantitative estimate of drug-likeness (QED) is 0.367. The van der Waals surface area contributed by atoms with E-state index in [1.807, 2.05) is 56.3 Å². The van der Waals surface area contributed by atoms with Gasteiger partial charge in [-0.3, -0.25) is 14.9 Å². The molecule has 0 radical (unpaired) electrons. The van der Waals surface area contributed by atoms with Gasteiger partial charge >= 0.3 is 0 Å². The molecule has 3 aromatic carbocycles. The summed E-state index contributed by atoms with van der Waals surface area (Å²) in [6, 6.07) is 20.5.